The average Bonchev–Trinajstić information content (AvgIpc) is 2.97. The van der Waals surface area contributed by atoms with Crippen LogP contribution in [0.15, 0.2) is 59.5 Å². The maximum absolute atomic E-state index is 12.7. The van der Waals surface area contributed by atoms with Crippen LogP contribution in [0.5, 0.6) is 5.75 Å². The van der Waals surface area contributed by atoms with Crippen LogP contribution in [0, 0.1) is 0 Å². The first-order chi connectivity index (χ1) is 14.4. The molecular formula is C21H18F2N2O3S2. The summed E-state index contributed by atoms with van der Waals surface area (Å²) in [4.78, 5) is 26.5. The van der Waals surface area contributed by atoms with Crippen LogP contribution in [0.2, 0.25) is 0 Å². The number of nitrogens with one attached hydrogen (secondary N) is 1. The Morgan fingerprint density at radius 1 is 1.17 bits per heavy atom. The van der Waals surface area contributed by atoms with E-state index in [0.717, 1.165) is 11.8 Å². The normalized spacial score (nSPS) is 15.2. The molecule has 2 amide bonds. The van der Waals surface area contributed by atoms with Crippen LogP contribution in [0.4, 0.5) is 14.5 Å². The van der Waals surface area contributed by atoms with E-state index in [9.17, 15) is 18.4 Å². The molecule has 0 atom stereocenters. The Labute approximate surface area is 182 Å². The van der Waals surface area contributed by atoms with Gasteiger partial charge in [-0.25, -0.2) is 0 Å². The van der Waals surface area contributed by atoms with E-state index < -0.39 is 6.61 Å². The zero-order chi connectivity index (χ0) is 21.5. The third-order valence-electron chi connectivity index (χ3n) is 4.14. The largest absolute Gasteiger partial charge is 0.434 e. The van der Waals surface area contributed by atoms with Gasteiger partial charge in [-0.1, -0.05) is 60.4 Å². The quantitative estimate of drug-likeness (QED) is 0.459. The van der Waals surface area contributed by atoms with Gasteiger partial charge in [-0.15, -0.1) is 0 Å². The highest BCUT2D eigenvalue weighted by atomic mass is 32.2. The molecule has 1 fully saturated rings. The SMILES string of the molecule is O=C(CCCN1C(=O)/C(=C/c2ccccc2OC(F)F)SC1=S)Nc1ccccc1. The van der Waals surface area contributed by atoms with Gasteiger partial charge >= 0.3 is 6.61 Å². The van der Waals surface area contributed by atoms with Crippen molar-refractivity contribution in [2.75, 3.05) is 11.9 Å². The first-order valence-electron chi connectivity index (χ1n) is 9.08. The Morgan fingerprint density at radius 3 is 2.60 bits per heavy atom. The topological polar surface area (TPSA) is 58.6 Å². The van der Waals surface area contributed by atoms with E-state index in [2.05, 4.69) is 10.1 Å². The number of carbonyl (C=O) groups excluding carboxylic acids is 2. The van der Waals surface area contributed by atoms with Crippen LogP contribution in [0.25, 0.3) is 6.08 Å². The van der Waals surface area contributed by atoms with Gasteiger partial charge < -0.3 is 10.1 Å². The van der Waals surface area contributed by atoms with Crippen molar-refractivity contribution in [1.29, 1.82) is 0 Å². The van der Waals surface area contributed by atoms with Gasteiger partial charge in [0.05, 0.1) is 4.91 Å². The number of alkyl halides is 2. The van der Waals surface area contributed by atoms with Gasteiger partial charge in [-0.2, -0.15) is 8.78 Å². The molecule has 9 heteroatoms. The first-order valence-corrected chi connectivity index (χ1v) is 10.3. The number of rotatable bonds is 8. The summed E-state index contributed by atoms with van der Waals surface area (Å²) in [6.07, 6.45) is 2.15. The smallest absolute Gasteiger partial charge is 0.387 e. The Bertz CT molecular complexity index is 968. The third kappa shape index (κ3) is 5.87. The van der Waals surface area contributed by atoms with Crippen LogP contribution >= 0.6 is 24.0 Å². The van der Waals surface area contributed by atoms with Crippen molar-refractivity contribution in [3.8, 4) is 5.75 Å². The predicted octanol–water partition coefficient (Wildman–Crippen LogP) is 4.91. The van der Waals surface area contributed by atoms with E-state index in [0.29, 0.717) is 33.4 Å². The van der Waals surface area contributed by atoms with Gasteiger partial charge in [-0.05, 0) is 30.7 Å². The van der Waals surface area contributed by atoms with E-state index in [1.54, 1.807) is 30.3 Å². The minimum absolute atomic E-state index is 0.0182. The summed E-state index contributed by atoms with van der Waals surface area (Å²) in [7, 11) is 0. The van der Waals surface area contributed by atoms with Crippen molar-refractivity contribution in [2.45, 2.75) is 19.5 Å². The molecule has 5 nitrogen and oxygen atoms in total. The number of benzene rings is 2. The highest BCUT2D eigenvalue weighted by Gasteiger charge is 2.32. The van der Waals surface area contributed by atoms with Crippen molar-refractivity contribution in [2.24, 2.45) is 0 Å². The molecule has 0 aromatic heterocycles. The molecular weight excluding hydrogens is 430 g/mol. The molecule has 2 aromatic rings. The minimum Gasteiger partial charge on any atom is -0.434 e. The number of amides is 2. The number of halogens is 2. The van der Waals surface area contributed by atoms with E-state index in [-0.39, 0.29) is 24.0 Å². The molecule has 0 radical (unpaired) electrons. The molecule has 0 aliphatic carbocycles. The number of anilines is 1. The number of carbonyl (C=O) groups is 2. The molecule has 0 spiro atoms. The molecule has 1 heterocycles. The Balaban J connectivity index is 1.59. The zero-order valence-corrected chi connectivity index (χ0v) is 17.3. The Morgan fingerprint density at radius 2 is 1.87 bits per heavy atom. The third-order valence-corrected chi connectivity index (χ3v) is 5.52. The summed E-state index contributed by atoms with van der Waals surface area (Å²) in [5.74, 6) is -0.490. The lowest BCUT2D eigenvalue weighted by molar-refractivity contribution is -0.122. The number of thioether (sulfide) groups is 1. The molecule has 156 valence electrons. The lowest BCUT2D eigenvalue weighted by Gasteiger charge is -2.14. The number of nitrogens with zero attached hydrogens (tertiary/aromatic N) is 1. The summed E-state index contributed by atoms with van der Waals surface area (Å²) in [5, 5.41) is 2.79. The van der Waals surface area contributed by atoms with Gasteiger partial charge in [0, 0.05) is 24.2 Å². The van der Waals surface area contributed by atoms with Gasteiger partial charge in [0.25, 0.3) is 5.91 Å². The van der Waals surface area contributed by atoms with Gasteiger partial charge in [-0.3, -0.25) is 14.5 Å². The van der Waals surface area contributed by atoms with E-state index in [1.165, 1.54) is 17.0 Å². The van der Waals surface area contributed by atoms with Crippen molar-refractivity contribution < 1.29 is 23.1 Å². The molecule has 1 aliphatic heterocycles. The standard InChI is InChI=1S/C21H18F2N2O3S2/c22-20(23)28-16-10-5-4-7-14(16)13-17-19(27)25(21(29)30-17)12-6-11-18(26)24-15-8-2-1-3-9-15/h1-5,7-10,13,20H,6,11-12H2,(H,24,26)/b17-13-. The fourth-order valence-corrected chi connectivity index (χ4v) is 4.08. The number of thiocarbonyl (C=S) groups is 1. The monoisotopic (exact) mass is 448 g/mol. The molecule has 0 unspecified atom stereocenters. The average molecular weight is 449 g/mol. The predicted molar refractivity (Wildman–Crippen MR) is 117 cm³/mol. The van der Waals surface area contributed by atoms with E-state index in [1.807, 2.05) is 18.2 Å². The van der Waals surface area contributed by atoms with Crippen LogP contribution < -0.4 is 10.1 Å². The Kier molecular flexibility index (Phi) is 7.53. The molecule has 1 N–H and O–H groups in total. The fourth-order valence-electron chi connectivity index (χ4n) is 2.78. The van der Waals surface area contributed by atoms with E-state index >= 15 is 0 Å². The number of ether oxygens (including phenoxy) is 1. The zero-order valence-electron chi connectivity index (χ0n) is 15.7. The molecule has 1 aliphatic rings. The summed E-state index contributed by atoms with van der Waals surface area (Å²) in [6, 6.07) is 15.3. The second-order valence-corrected chi connectivity index (χ2v) is 7.94. The minimum atomic E-state index is -2.96. The van der Waals surface area contributed by atoms with Gasteiger partial charge in [0.15, 0.2) is 0 Å². The maximum atomic E-state index is 12.7. The molecule has 30 heavy (non-hydrogen) atoms. The van der Waals surface area contributed by atoms with Crippen LogP contribution in [-0.4, -0.2) is 34.2 Å². The van der Waals surface area contributed by atoms with Crippen molar-refractivity contribution in [1.82, 2.24) is 4.90 Å². The highest BCUT2D eigenvalue weighted by Crippen LogP contribution is 2.34. The first kappa shape index (κ1) is 21.9. The Hall–Kier alpha value is -2.78. The second-order valence-electron chi connectivity index (χ2n) is 6.27. The molecule has 2 aromatic carbocycles. The van der Waals surface area contributed by atoms with Crippen LogP contribution in [0.3, 0.4) is 0 Å². The summed E-state index contributed by atoms with van der Waals surface area (Å²) in [6.45, 7) is -2.67. The van der Waals surface area contributed by atoms with Crippen molar-refractivity contribution in [3.63, 3.8) is 0 Å². The summed E-state index contributed by atoms with van der Waals surface area (Å²) < 4.78 is 30.0. The van der Waals surface area contributed by atoms with Crippen LogP contribution in [0.1, 0.15) is 18.4 Å². The van der Waals surface area contributed by atoms with Gasteiger partial charge in [0.1, 0.15) is 10.1 Å². The summed E-state index contributed by atoms with van der Waals surface area (Å²) in [5.41, 5.74) is 1.07. The molecule has 0 saturated carbocycles. The lowest BCUT2D eigenvalue weighted by Crippen LogP contribution is -2.29. The lowest BCUT2D eigenvalue weighted by atomic mass is 10.2. The maximum Gasteiger partial charge on any atom is 0.387 e. The van der Waals surface area contributed by atoms with Crippen LogP contribution in [-0.2, 0) is 9.59 Å². The van der Waals surface area contributed by atoms with Gasteiger partial charge in [0.2, 0.25) is 5.91 Å². The summed E-state index contributed by atoms with van der Waals surface area (Å²) >= 11 is 6.36. The second kappa shape index (κ2) is 10.3. The molecule has 3 rings (SSSR count). The number of hydrogen-bond acceptors (Lipinski definition) is 5. The molecule has 0 bridgehead atoms. The van der Waals surface area contributed by atoms with Crippen molar-refractivity contribution >= 4 is 51.9 Å². The fraction of sp³-hybridized carbons (Fsp3) is 0.190. The number of hydrogen-bond donors (Lipinski definition) is 1. The highest BCUT2D eigenvalue weighted by molar-refractivity contribution is 8.26. The number of para-hydroxylation sites is 2. The van der Waals surface area contributed by atoms with Crippen molar-refractivity contribution in [3.05, 3.63) is 65.1 Å². The molecule has 1 saturated heterocycles. The van der Waals surface area contributed by atoms with E-state index in [4.69, 9.17) is 12.2 Å².